The molecule has 12 nitrogen and oxygen atoms in total. The molecule has 1 fully saturated rings. The van der Waals surface area contributed by atoms with Gasteiger partial charge in [-0.05, 0) is 12.5 Å². The predicted molar refractivity (Wildman–Crippen MR) is 105 cm³/mol. The lowest BCUT2D eigenvalue weighted by Crippen LogP contribution is -2.71. The van der Waals surface area contributed by atoms with Crippen molar-refractivity contribution in [2.75, 3.05) is 18.6 Å². The van der Waals surface area contributed by atoms with Crippen molar-refractivity contribution in [3.8, 4) is 0 Å². The van der Waals surface area contributed by atoms with E-state index < -0.39 is 35.2 Å². The number of carbonyl (C=O) groups is 3. The molecule has 1 aromatic heterocycles. The number of aliphatic carboxylic acids is 1. The van der Waals surface area contributed by atoms with E-state index in [4.69, 9.17) is 5.73 Å². The second kappa shape index (κ2) is 8.16. The van der Waals surface area contributed by atoms with E-state index in [0.29, 0.717) is 0 Å². The molecule has 14 heteroatoms. The van der Waals surface area contributed by atoms with Crippen LogP contribution in [0.15, 0.2) is 27.0 Å². The van der Waals surface area contributed by atoms with Crippen molar-refractivity contribution in [3.05, 3.63) is 27.3 Å². The van der Waals surface area contributed by atoms with Crippen LogP contribution in [0.2, 0.25) is 0 Å². The highest BCUT2D eigenvalue weighted by Gasteiger charge is 2.55. The summed E-state index contributed by atoms with van der Waals surface area (Å²) in [7, 11) is 1.25. The molecule has 3 rings (SSSR count). The molecule has 4 N–H and O–H groups in total. The summed E-state index contributed by atoms with van der Waals surface area (Å²) in [5.41, 5.74) is 5.59. The number of aromatic nitrogens is 1. The van der Waals surface area contributed by atoms with E-state index in [0.717, 1.165) is 16.2 Å². The van der Waals surface area contributed by atoms with Gasteiger partial charge in [0, 0.05) is 11.1 Å². The number of hydrogen-bond donors (Lipinski definition) is 3. The molecule has 2 unspecified atom stereocenters. The number of carboxylic acids is 1. The first-order chi connectivity index (χ1) is 13.8. The number of nitroso groups, excluding NO2 is 1. The molecule has 2 amide bonds. The number of fused-ring (bicyclic) bond motifs is 1. The summed E-state index contributed by atoms with van der Waals surface area (Å²) in [5.74, 6) is -2.47. The summed E-state index contributed by atoms with van der Waals surface area (Å²) in [6.07, 6.45) is 0. The molecule has 0 saturated carbocycles. The Bertz CT molecular complexity index is 943. The standard InChI is InChI=1S/C15H16N6O6S2/c1-5(19-26)6-3-28-13-9(12(23)21(13)10(6)14(24)25)18-11(22)8(20-27-2)7-4-29-15(16)17-7/h4-5,9,13H,3H2,1-2H3,(H2,16,17)(H,18,22)(H,24,25)/t5?,9?,13-/m0/s1. The Hall–Kier alpha value is -3.00. The summed E-state index contributed by atoms with van der Waals surface area (Å²) >= 11 is 2.34. The summed E-state index contributed by atoms with van der Waals surface area (Å²) < 4.78 is 0. The molecule has 3 atom stereocenters. The van der Waals surface area contributed by atoms with Gasteiger partial charge in [0.15, 0.2) is 10.8 Å². The number of nitrogens with two attached hydrogens (primary N) is 1. The Balaban J connectivity index is 1.81. The largest absolute Gasteiger partial charge is 0.477 e. The number of thiazole rings is 1. The van der Waals surface area contributed by atoms with Crippen LogP contribution in [-0.4, -0.2) is 68.8 Å². The van der Waals surface area contributed by atoms with Crippen LogP contribution in [0.25, 0.3) is 0 Å². The summed E-state index contributed by atoms with van der Waals surface area (Å²) in [6, 6.07) is -1.85. The van der Waals surface area contributed by atoms with Crippen LogP contribution in [-0.2, 0) is 19.2 Å². The van der Waals surface area contributed by atoms with E-state index in [1.54, 1.807) is 0 Å². The maximum atomic E-state index is 12.6. The number of β-lactam (4-membered cyclic amide) rings is 1. The fraction of sp³-hybridized carbons (Fsp3) is 0.400. The number of nitrogen functional groups attached to an aromatic ring is 1. The van der Waals surface area contributed by atoms with Gasteiger partial charge in [0.05, 0.1) is 0 Å². The molecule has 154 valence electrons. The van der Waals surface area contributed by atoms with Gasteiger partial charge >= 0.3 is 5.97 Å². The van der Waals surface area contributed by atoms with E-state index >= 15 is 0 Å². The first-order valence-corrected chi connectivity index (χ1v) is 10.1. The molecule has 2 aliphatic rings. The van der Waals surface area contributed by atoms with Crippen LogP contribution < -0.4 is 11.1 Å². The van der Waals surface area contributed by atoms with Gasteiger partial charge in [-0.2, -0.15) is 4.91 Å². The minimum Gasteiger partial charge on any atom is -0.477 e. The van der Waals surface area contributed by atoms with Crippen molar-refractivity contribution in [1.82, 2.24) is 15.2 Å². The fourth-order valence-electron chi connectivity index (χ4n) is 2.93. The lowest BCUT2D eigenvalue weighted by molar-refractivity contribution is -0.150. The van der Waals surface area contributed by atoms with E-state index in [2.05, 4.69) is 25.5 Å². The Morgan fingerprint density at radius 2 is 2.24 bits per heavy atom. The Morgan fingerprint density at radius 3 is 2.79 bits per heavy atom. The molecule has 0 aliphatic carbocycles. The van der Waals surface area contributed by atoms with Gasteiger partial charge in [-0.1, -0.05) is 10.3 Å². The van der Waals surface area contributed by atoms with Crippen molar-refractivity contribution in [2.24, 2.45) is 10.3 Å². The van der Waals surface area contributed by atoms with Gasteiger partial charge < -0.3 is 21.0 Å². The van der Waals surface area contributed by atoms with Crippen LogP contribution in [0.3, 0.4) is 0 Å². The minimum absolute atomic E-state index is 0.166. The topological polar surface area (TPSA) is 177 Å². The predicted octanol–water partition coefficient (Wildman–Crippen LogP) is -0.0307. The van der Waals surface area contributed by atoms with Gasteiger partial charge in [-0.25, -0.2) is 9.78 Å². The number of oxime groups is 1. The molecular formula is C15H16N6O6S2. The van der Waals surface area contributed by atoms with E-state index in [-0.39, 0.29) is 33.6 Å². The molecule has 3 heterocycles. The quantitative estimate of drug-likeness (QED) is 0.227. The second-order valence-corrected chi connectivity index (χ2v) is 8.01. The number of carbonyl (C=O) groups excluding carboxylic acids is 2. The van der Waals surface area contributed by atoms with Gasteiger partial charge in [-0.15, -0.1) is 23.1 Å². The van der Waals surface area contributed by atoms with Crippen LogP contribution in [0.5, 0.6) is 0 Å². The number of thioether (sulfide) groups is 1. The minimum atomic E-state index is -1.33. The fourth-order valence-corrected chi connectivity index (χ4v) is 4.94. The highest BCUT2D eigenvalue weighted by molar-refractivity contribution is 8.00. The summed E-state index contributed by atoms with van der Waals surface area (Å²) in [5, 5.41) is 19.7. The number of rotatable bonds is 7. The third-order valence-corrected chi connectivity index (χ3v) is 6.29. The molecule has 0 aromatic carbocycles. The van der Waals surface area contributed by atoms with Gasteiger partial charge in [0.1, 0.15) is 36.0 Å². The van der Waals surface area contributed by atoms with Gasteiger partial charge in [0.2, 0.25) is 0 Å². The SMILES string of the molecule is CON=C(C(=O)NC1C(=O)N2C(C(=O)O)=C(C(C)N=O)CS[C@@H]12)c1csc(N)n1. The zero-order chi connectivity index (χ0) is 21.3. The van der Waals surface area contributed by atoms with Crippen molar-refractivity contribution in [1.29, 1.82) is 0 Å². The van der Waals surface area contributed by atoms with E-state index in [9.17, 15) is 24.4 Å². The first-order valence-electron chi connectivity index (χ1n) is 8.17. The second-order valence-electron chi connectivity index (χ2n) is 6.01. The number of anilines is 1. The Morgan fingerprint density at radius 1 is 1.52 bits per heavy atom. The molecule has 0 bridgehead atoms. The molecule has 1 saturated heterocycles. The van der Waals surface area contributed by atoms with E-state index in [1.165, 1.54) is 31.2 Å². The van der Waals surface area contributed by atoms with Crippen LogP contribution >= 0.6 is 23.1 Å². The highest BCUT2D eigenvalue weighted by atomic mass is 32.2. The third-order valence-electron chi connectivity index (χ3n) is 4.31. The van der Waals surface area contributed by atoms with Gasteiger partial charge in [-0.3, -0.25) is 14.5 Å². The third kappa shape index (κ3) is 3.67. The monoisotopic (exact) mass is 440 g/mol. The number of amides is 2. The Kier molecular flexibility index (Phi) is 5.83. The molecule has 0 spiro atoms. The first kappa shape index (κ1) is 20.7. The lowest BCUT2D eigenvalue weighted by Gasteiger charge is -2.49. The molecule has 0 radical (unpaired) electrons. The maximum Gasteiger partial charge on any atom is 0.352 e. The average Bonchev–Trinajstić information content (AvgIpc) is 3.13. The summed E-state index contributed by atoms with van der Waals surface area (Å²) in [4.78, 5) is 57.5. The van der Waals surface area contributed by atoms with Crippen LogP contribution in [0.1, 0.15) is 12.6 Å². The zero-order valence-corrected chi connectivity index (χ0v) is 16.8. The molecule has 1 aromatic rings. The van der Waals surface area contributed by atoms with Crippen LogP contribution in [0, 0.1) is 4.91 Å². The average molecular weight is 440 g/mol. The molecule has 29 heavy (non-hydrogen) atoms. The number of nitrogens with zero attached hydrogens (tertiary/aromatic N) is 4. The van der Waals surface area contributed by atoms with Crippen molar-refractivity contribution < 1.29 is 24.3 Å². The van der Waals surface area contributed by atoms with Crippen LogP contribution in [0.4, 0.5) is 5.13 Å². The van der Waals surface area contributed by atoms with Gasteiger partial charge in [0.25, 0.3) is 11.8 Å². The maximum absolute atomic E-state index is 12.6. The zero-order valence-electron chi connectivity index (χ0n) is 15.2. The number of hydrogen-bond acceptors (Lipinski definition) is 11. The summed E-state index contributed by atoms with van der Waals surface area (Å²) in [6.45, 7) is 1.46. The Labute approximate surface area is 172 Å². The smallest absolute Gasteiger partial charge is 0.352 e. The highest BCUT2D eigenvalue weighted by Crippen LogP contribution is 2.41. The van der Waals surface area contributed by atoms with Crippen molar-refractivity contribution in [3.63, 3.8) is 0 Å². The lowest BCUT2D eigenvalue weighted by atomic mass is 10.00. The molecule has 2 aliphatic heterocycles. The van der Waals surface area contributed by atoms with E-state index in [1.807, 2.05) is 0 Å². The van der Waals surface area contributed by atoms with Crippen molar-refractivity contribution in [2.45, 2.75) is 24.4 Å². The number of carboxylic acid groups (broad SMARTS) is 1. The molecular weight excluding hydrogens is 424 g/mol. The van der Waals surface area contributed by atoms with Crippen molar-refractivity contribution >= 4 is 51.7 Å². The number of nitrogens with one attached hydrogen (secondary N) is 1. The normalized spacial score (nSPS) is 22.5.